The second-order valence-corrected chi connectivity index (χ2v) is 4.38. The van der Waals surface area contributed by atoms with Gasteiger partial charge in [-0.05, 0) is 18.6 Å². The molecule has 1 aromatic carbocycles. The smallest absolute Gasteiger partial charge is 0.295 e. The van der Waals surface area contributed by atoms with Gasteiger partial charge in [0.15, 0.2) is 11.5 Å². The number of hydrogen-bond donors (Lipinski definition) is 2. The number of amides is 1. The van der Waals surface area contributed by atoms with Gasteiger partial charge < -0.3 is 14.8 Å². The van der Waals surface area contributed by atoms with Crippen LogP contribution in [0.3, 0.4) is 0 Å². The minimum atomic E-state index is -0.374. The Hall–Kier alpha value is -2.57. The van der Waals surface area contributed by atoms with Crippen molar-refractivity contribution in [3.05, 3.63) is 29.8 Å². The van der Waals surface area contributed by atoms with Crippen LogP contribution in [0.15, 0.2) is 18.2 Å². The third kappa shape index (κ3) is 3.50. The van der Waals surface area contributed by atoms with E-state index in [1.54, 1.807) is 25.3 Å². The maximum atomic E-state index is 12.1. The van der Waals surface area contributed by atoms with Crippen molar-refractivity contribution in [3.63, 3.8) is 0 Å². The zero-order valence-corrected chi connectivity index (χ0v) is 12.3. The highest BCUT2D eigenvalue weighted by Gasteiger charge is 2.13. The van der Waals surface area contributed by atoms with Crippen LogP contribution < -0.4 is 14.8 Å². The standard InChI is InChI=1S/C14H18N4O3/c1-4-5-12-16-13(18-17-12)14(19)15-9-6-7-10(20-2)11(8-9)21-3/h6-8H,4-5H2,1-3H3,(H,15,19)(H,16,17,18). The largest absolute Gasteiger partial charge is 0.493 e. The molecule has 2 N–H and O–H groups in total. The normalized spacial score (nSPS) is 10.2. The lowest BCUT2D eigenvalue weighted by Gasteiger charge is -2.09. The number of nitrogens with one attached hydrogen (secondary N) is 2. The first-order chi connectivity index (χ1) is 10.2. The van der Waals surface area contributed by atoms with Crippen molar-refractivity contribution in [1.29, 1.82) is 0 Å². The Morgan fingerprint density at radius 1 is 1.29 bits per heavy atom. The quantitative estimate of drug-likeness (QED) is 0.849. The Morgan fingerprint density at radius 3 is 2.71 bits per heavy atom. The van der Waals surface area contributed by atoms with Crippen molar-refractivity contribution >= 4 is 11.6 Å². The molecule has 0 aliphatic heterocycles. The average molecular weight is 290 g/mol. The van der Waals surface area contributed by atoms with E-state index in [-0.39, 0.29) is 11.7 Å². The van der Waals surface area contributed by atoms with Crippen molar-refractivity contribution in [1.82, 2.24) is 15.2 Å². The van der Waals surface area contributed by atoms with Gasteiger partial charge in [0.25, 0.3) is 5.91 Å². The van der Waals surface area contributed by atoms with Crippen molar-refractivity contribution < 1.29 is 14.3 Å². The zero-order valence-electron chi connectivity index (χ0n) is 12.3. The molecule has 7 heteroatoms. The molecule has 2 aromatic rings. The van der Waals surface area contributed by atoms with Gasteiger partial charge in [0.05, 0.1) is 14.2 Å². The second-order valence-electron chi connectivity index (χ2n) is 4.38. The summed E-state index contributed by atoms with van der Waals surface area (Å²) in [6, 6.07) is 5.12. The first-order valence-electron chi connectivity index (χ1n) is 6.62. The number of hydrogen-bond acceptors (Lipinski definition) is 5. The molecule has 0 aliphatic rings. The summed E-state index contributed by atoms with van der Waals surface area (Å²) in [4.78, 5) is 16.2. The molecule has 0 atom stereocenters. The van der Waals surface area contributed by atoms with Crippen LogP contribution in [-0.4, -0.2) is 35.3 Å². The summed E-state index contributed by atoms with van der Waals surface area (Å²) in [6.45, 7) is 2.03. The number of H-pyrrole nitrogens is 1. The average Bonchev–Trinajstić information content (AvgIpc) is 2.96. The van der Waals surface area contributed by atoms with E-state index in [4.69, 9.17) is 9.47 Å². The number of aromatic nitrogens is 3. The molecular weight excluding hydrogens is 272 g/mol. The van der Waals surface area contributed by atoms with E-state index < -0.39 is 0 Å². The van der Waals surface area contributed by atoms with E-state index in [9.17, 15) is 4.79 Å². The summed E-state index contributed by atoms with van der Waals surface area (Å²) < 4.78 is 10.3. The van der Waals surface area contributed by atoms with Gasteiger partial charge in [-0.1, -0.05) is 6.92 Å². The number of methoxy groups -OCH3 is 2. The molecule has 0 aliphatic carbocycles. The Kier molecular flexibility index (Phi) is 4.76. The number of rotatable bonds is 6. The molecule has 1 amide bonds. The molecule has 0 saturated carbocycles. The van der Waals surface area contributed by atoms with Gasteiger partial charge in [0.2, 0.25) is 5.82 Å². The molecule has 112 valence electrons. The third-order valence-corrected chi connectivity index (χ3v) is 2.86. The molecule has 0 bridgehead atoms. The summed E-state index contributed by atoms with van der Waals surface area (Å²) in [7, 11) is 3.09. The van der Waals surface area contributed by atoms with Gasteiger partial charge in [-0.3, -0.25) is 9.89 Å². The van der Waals surface area contributed by atoms with Gasteiger partial charge >= 0.3 is 0 Å². The van der Waals surface area contributed by atoms with E-state index in [1.165, 1.54) is 7.11 Å². The van der Waals surface area contributed by atoms with E-state index in [0.29, 0.717) is 23.0 Å². The predicted octanol–water partition coefficient (Wildman–Crippen LogP) is 2.03. The molecule has 21 heavy (non-hydrogen) atoms. The molecule has 0 unspecified atom stereocenters. The van der Waals surface area contributed by atoms with Crippen LogP contribution in [0.1, 0.15) is 29.8 Å². The van der Waals surface area contributed by atoms with Crippen LogP contribution in [0, 0.1) is 0 Å². The topological polar surface area (TPSA) is 89.1 Å². The number of carbonyl (C=O) groups excluding carboxylic acids is 1. The maximum Gasteiger partial charge on any atom is 0.295 e. The summed E-state index contributed by atoms with van der Waals surface area (Å²) in [6.07, 6.45) is 1.70. The monoisotopic (exact) mass is 290 g/mol. The second kappa shape index (κ2) is 6.74. The lowest BCUT2D eigenvalue weighted by Crippen LogP contribution is -2.14. The maximum absolute atomic E-state index is 12.1. The van der Waals surface area contributed by atoms with Crippen molar-refractivity contribution in [2.45, 2.75) is 19.8 Å². The number of carbonyl (C=O) groups is 1. The number of ether oxygens (including phenoxy) is 2. The van der Waals surface area contributed by atoms with Gasteiger partial charge in [-0.15, -0.1) is 5.10 Å². The highest BCUT2D eigenvalue weighted by Crippen LogP contribution is 2.29. The van der Waals surface area contributed by atoms with Crippen LogP contribution in [0.25, 0.3) is 0 Å². The predicted molar refractivity (Wildman–Crippen MR) is 77.9 cm³/mol. The fraction of sp³-hybridized carbons (Fsp3) is 0.357. The highest BCUT2D eigenvalue weighted by atomic mass is 16.5. The number of nitrogens with zero attached hydrogens (tertiary/aromatic N) is 2. The first-order valence-corrected chi connectivity index (χ1v) is 6.62. The molecule has 1 aromatic heterocycles. The Morgan fingerprint density at radius 2 is 2.05 bits per heavy atom. The van der Waals surface area contributed by atoms with Crippen molar-refractivity contribution in [2.24, 2.45) is 0 Å². The molecule has 2 rings (SSSR count). The molecule has 0 radical (unpaired) electrons. The van der Waals surface area contributed by atoms with E-state index in [0.717, 1.165) is 12.8 Å². The molecular formula is C14H18N4O3. The zero-order chi connectivity index (χ0) is 15.2. The number of aromatic amines is 1. The van der Waals surface area contributed by atoms with Crippen LogP contribution in [0.2, 0.25) is 0 Å². The van der Waals surface area contributed by atoms with E-state index in [1.807, 2.05) is 6.92 Å². The lowest BCUT2D eigenvalue weighted by molar-refractivity contribution is 0.101. The van der Waals surface area contributed by atoms with E-state index in [2.05, 4.69) is 20.5 Å². The van der Waals surface area contributed by atoms with Crippen LogP contribution >= 0.6 is 0 Å². The number of benzene rings is 1. The Labute approximate surface area is 122 Å². The fourth-order valence-electron chi connectivity index (χ4n) is 1.85. The van der Waals surface area contributed by atoms with Crippen LogP contribution in [0.5, 0.6) is 11.5 Å². The van der Waals surface area contributed by atoms with Gasteiger partial charge in [-0.2, -0.15) is 0 Å². The molecule has 1 heterocycles. The van der Waals surface area contributed by atoms with Gasteiger partial charge in [-0.25, -0.2) is 4.98 Å². The third-order valence-electron chi connectivity index (χ3n) is 2.86. The Bertz CT molecular complexity index is 624. The number of anilines is 1. The first kappa shape index (κ1) is 14.8. The van der Waals surface area contributed by atoms with Gasteiger partial charge in [0, 0.05) is 18.2 Å². The lowest BCUT2D eigenvalue weighted by atomic mass is 10.2. The van der Waals surface area contributed by atoms with Crippen LogP contribution in [0.4, 0.5) is 5.69 Å². The molecule has 0 saturated heterocycles. The SMILES string of the molecule is CCCc1nc(C(=O)Nc2ccc(OC)c(OC)c2)n[nH]1. The van der Waals surface area contributed by atoms with Crippen LogP contribution in [-0.2, 0) is 6.42 Å². The Balaban J connectivity index is 2.11. The minimum absolute atomic E-state index is 0.119. The summed E-state index contributed by atoms with van der Waals surface area (Å²) in [5, 5.41) is 9.37. The molecule has 0 spiro atoms. The highest BCUT2D eigenvalue weighted by molar-refractivity contribution is 6.01. The van der Waals surface area contributed by atoms with Gasteiger partial charge in [0.1, 0.15) is 5.82 Å². The summed E-state index contributed by atoms with van der Waals surface area (Å²) >= 11 is 0. The van der Waals surface area contributed by atoms with Crippen molar-refractivity contribution in [3.8, 4) is 11.5 Å². The summed E-state index contributed by atoms with van der Waals surface area (Å²) in [5.74, 6) is 1.58. The minimum Gasteiger partial charge on any atom is -0.493 e. The molecule has 0 fully saturated rings. The molecule has 7 nitrogen and oxygen atoms in total. The van der Waals surface area contributed by atoms with Crippen molar-refractivity contribution in [2.75, 3.05) is 19.5 Å². The summed E-state index contributed by atoms with van der Waals surface area (Å²) in [5.41, 5.74) is 0.583. The van der Waals surface area contributed by atoms with E-state index >= 15 is 0 Å². The number of aryl methyl sites for hydroxylation is 1. The fourth-order valence-corrected chi connectivity index (χ4v) is 1.85.